The van der Waals surface area contributed by atoms with E-state index in [0.29, 0.717) is 0 Å². The van der Waals surface area contributed by atoms with Crippen molar-refractivity contribution in [1.82, 2.24) is 0 Å². The first-order chi connectivity index (χ1) is 34.0. The number of thiophene rings is 2. The third-order valence-corrected chi connectivity index (χ3v) is 17.0. The number of benzene rings is 11. The molecule has 4 heteroatoms. The van der Waals surface area contributed by atoms with Crippen LogP contribution in [0.2, 0.25) is 0 Å². The van der Waals surface area contributed by atoms with E-state index in [1.807, 2.05) is 22.7 Å². The van der Waals surface area contributed by atoms with Crippen LogP contribution >= 0.6 is 22.7 Å². The van der Waals surface area contributed by atoms with Gasteiger partial charge in [-0.25, -0.2) is 0 Å². The zero-order chi connectivity index (χ0) is 45.8. The van der Waals surface area contributed by atoms with E-state index in [2.05, 4.69) is 254 Å². The standard InChI is InChI=1S/C65H44N2S2/c1-65(2)55-28-15-25-50-53-39-44(67(57-29-12-9-22-46(57)41-18-5-3-6-19-41)59-31-17-27-52-49-24-11-14-33-61(49)69-64(52)59)35-34-42(53)38-54(62(50)55)47-37-36-45(40-56(47)65)66(43-20-7-4-8-21-43)58-30-16-26-51-48-23-10-13-32-60(48)68-63(51)58/h3-40H,1-2H3. The van der Waals surface area contributed by atoms with Gasteiger partial charge in [-0.2, -0.15) is 0 Å². The van der Waals surface area contributed by atoms with Crippen LogP contribution in [0.4, 0.5) is 34.1 Å². The Labute approximate surface area is 409 Å². The number of hydrogen-bond acceptors (Lipinski definition) is 4. The second-order valence-electron chi connectivity index (χ2n) is 18.8. The van der Waals surface area contributed by atoms with Crippen molar-refractivity contribution in [2.45, 2.75) is 19.3 Å². The molecule has 0 spiro atoms. The minimum absolute atomic E-state index is 0.285. The Kier molecular flexibility index (Phi) is 9.01. The summed E-state index contributed by atoms with van der Waals surface area (Å²) < 4.78 is 5.18. The molecular formula is C65H44N2S2. The smallest absolute Gasteiger partial charge is 0.0640 e. The third-order valence-electron chi connectivity index (χ3n) is 14.6. The van der Waals surface area contributed by atoms with E-state index >= 15 is 0 Å². The van der Waals surface area contributed by atoms with E-state index in [9.17, 15) is 0 Å². The number of fused-ring (bicyclic) bond motifs is 10. The molecule has 1 aliphatic carbocycles. The predicted octanol–water partition coefficient (Wildman–Crippen LogP) is 19.6. The number of nitrogens with zero attached hydrogens (tertiary/aromatic N) is 2. The lowest BCUT2D eigenvalue weighted by Gasteiger charge is -2.37. The summed E-state index contributed by atoms with van der Waals surface area (Å²) in [5.74, 6) is 0. The van der Waals surface area contributed by atoms with Crippen LogP contribution in [0, 0.1) is 0 Å². The van der Waals surface area contributed by atoms with Crippen molar-refractivity contribution in [2.75, 3.05) is 9.80 Å². The molecule has 0 bridgehead atoms. The van der Waals surface area contributed by atoms with Gasteiger partial charge in [0.05, 0.1) is 26.5 Å². The van der Waals surface area contributed by atoms with Gasteiger partial charge in [-0.05, 0) is 122 Å². The van der Waals surface area contributed by atoms with Crippen LogP contribution in [-0.2, 0) is 5.41 Å². The minimum Gasteiger partial charge on any atom is -0.309 e. The maximum absolute atomic E-state index is 2.51. The first-order valence-electron chi connectivity index (χ1n) is 23.7. The van der Waals surface area contributed by atoms with Gasteiger partial charge in [-0.1, -0.05) is 172 Å². The van der Waals surface area contributed by atoms with Crippen molar-refractivity contribution >= 4 is 119 Å². The second-order valence-corrected chi connectivity index (χ2v) is 20.9. The molecule has 0 N–H and O–H groups in total. The fraction of sp³-hybridized carbons (Fsp3) is 0.0462. The first-order valence-corrected chi connectivity index (χ1v) is 25.4. The van der Waals surface area contributed by atoms with Gasteiger partial charge in [0.25, 0.3) is 0 Å². The molecular weight excluding hydrogens is 873 g/mol. The molecule has 0 amide bonds. The number of rotatable bonds is 7. The lowest BCUT2D eigenvalue weighted by molar-refractivity contribution is 0.645. The molecule has 0 aliphatic heterocycles. The summed E-state index contributed by atoms with van der Waals surface area (Å²) in [4.78, 5) is 4.97. The molecule has 0 atom stereocenters. The highest BCUT2D eigenvalue weighted by Crippen LogP contribution is 2.54. The monoisotopic (exact) mass is 916 g/mol. The molecule has 13 aromatic rings. The van der Waals surface area contributed by atoms with Crippen LogP contribution in [0.3, 0.4) is 0 Å². The Bertz CT molecular complexity index is 4180. The maximum atomic E-state index is 2.51. The predicted molar refractivity (Wildman–Crippen MR) is 300 cm³/mol. The fourth-order valence-corrected chi connectivity index (χ4v) is 13.8. The Morgan fingerprint density at radius 1 is 0.333 bits per heavy atom. The molecule has 69 heavy (non-hydrogen) atoms. The van der Waals surface area contributed by atoms with E-state index in [1.165, 1.54) is 107 Å². The highest BCUT2D eigenvalue weighted by molar-refractivity contribution is 7.26. The lowest BCUT2D eigenvalue weighted by atomic mass is 9.68. The van der Waals surface area contributed by atoms with E-state index in [0.717, 1.165) is 22.7 Å². The lowest BCUT2D eigenvalue weighted by Crippen LogP contribution is -2.24. The highest BCUT2D eigenvalue weighted by atomic mass is 32.1. The van der Waals surface area contributed by atoms with Gasteiger partial charge in [0.1, 0.15) is 0 Å². The zero-order valence-electron chi connectivity index (χ0n) is 38.2. The first kappa shape index (κ1) is 40.1. The largest absolute Gasteiger partial charge is 0.309 e. The molecule has 0 fully saturated rings. The number of hydrogen-bond donors (Lipinski definition) is 0. The maximum Gasteiger partial charge on any atom is 0.0640 e. The molecule has 14 rings (SSSR count). The summed E-state index contributed by atoms with van der Waals surface area (Å²) >= 11 is 3.76. The molecule has 11 aromatic carbocycles. The minimum atomic E-state index is -0.285. The molecule has 0 saturated heterocycles. The summed E-state index contributed by atoms with van der Waals surface area (Å²) in [7, 11) is 0. The van der Waals surface area contributed by atoms with Crippen molar-refractivity contribution in [3.8, 4) is 22.3 Å². The Morgan fingerprint density at radius 2 is 0.884 bits per heavy atom. The molecule has 0 unspecified atom stereocenters. The van der Waals surface area contributed by atoms with Crippen molar-refractivity contribution in [3.05, 3.63) is 242 Å². The van der Waals surface area contributed by atoms with Gasteiger partial charge in [-0.3, -0.25) is 0 Å². The highest BCUT2D eigenvalue weighted by Gasteiger charge is 2.35. The molecule has 2 aromatic heterocycles. The third kappa shape index (κ3) is 6.16. The van der Waals surface area contributed by atoms with Gasteiger partial charge < -0.3 is 9.80 Å². The van der Waals surface area contributed by atoms with Gasteiger partial charge in [0.2, 0.25) is 0 Å². The number of anilines is 6. The average molecular weight is 917 g/mol. The Morgan fingerprint density at radius 3 is 1.61 bits per heavy atom. The normalized spacial score (nSPS) is 12.9. The zero-order valence-corrected chi connectivity index (χ0v) is 39.8. The SMILES string of the molecule is CC1(C)c2cc(N(c3ccccc3)c3cccc4c3sc3ccccc34)ccc2-c2cc3ccc(N(c4ccccc4-c4ccccc4)c4cccc5c4sc4ccccc45)cc3c3cccc1c23. The Hall–Kier alpha value is -8.02. The van der Waals surface area contributed by atoms with Crippen LogP contribution in [0.15, 0.2) is 231 Å². The quantitative estimate of drug-likeness (QED) is 0.147. The van der Waals surface area contributed by atoms with Gasteiger partial charge in [-0.15, -0.1) is 22.7 Å². The molecule has 326 valence electrons. The molecule has 2 heterocycles. The van der Waals surface area contributed by atoms with Crippen LogP contribution in [0.5, 0.6) is 0 Å². The molecule has 0 radical (unpaired) electrons. The topological polar surface area (TPSA) is 6.48 Å². The molecule has 2 nitrogen and oxygen atoms in total. The van der Waals surface area contributed by atoms with Gasteiger partial charge >= 0.3 is 0 Å². The fourth-order valence-electron chi connectivity index (χ4n) is 11.4. The van der Waals surface area contributed by atoms with Crippen LogP contribution in [0.1, 0.15) is 25.0 Å². The van der Waals surface area contributed by atoms with Crippen LogP contribution in [-0.4, -0.2) is 0 Å². The van der Waals surface area contributed by atoms with E-state index in [1.54, 1.807) is 0 Å². The molecule has 1 aliphatic rings. The van der Waals surface area contributed by atoms with Gasteiger partial charge in [0, 0.05) is 59.0 Å². The average Bonchev–Trinajstić information content (AvgIpc) is 3.99. The molecule has 0 saturated carbocycles. The van der Waals surface area contributed by atoms with Crippen molar-refractivity contribution in [2.24, 2.45) is 0 Å². The van der Waals surface area contributed by atoms with Gasteiger partial charge in [0.15, 0.2) is 0 Å². The summed E-state index contributed by atoms with van der Waals surface area (Å²) in [6.45, 7) is 4.84. The Balaban J connectivity index is 0.967. The second kappa shape index (κ2) is 15.5. The summed E-state index contributed by atoms with van der Waals surface area (Å²) in [6.07, 6.45) is 0. The summed E-state index contributed by atoms with van der Waals surface area (Å²) in [5, 5.41) is 10.3. The van der Waals surface area contributed by atoms with E-state index < -0.39 is 0 Å². The van der Waals surface area contributed by atoms with Crippen LogP contribution in [0.25, 0.3) is 84.1 Å². The van der Waals surface area contributed by atoms with E-state index in [4.69, 9.17) is 0 Å². The number of para-hydroxylation sites is 2. The van der Waals surface area contributed by atoms with Crippen molar-refractivity contribution in [3.63, 3.8) is 0 Å². The summed E-state index contributed by atoms with van der Waals surface area (Å²) in [5.41, 5.74) is 14.3. The summed E-state index contributed by atoms with van der Waals surface area (Å²) in [6, 6.07) is 85.6. The van der Waals surface area contributed by atoms with Crippen LogP contribution < -0.4 is 9.80 Å². The van der Waals surface area contributed by atoms with Crippen molar-refractivity contribution in [1.29, 1.82) is 0 Å². The van der Waals surface area contributed by atoms with E-state index in [-0.39, 0.29) is 5.41 Å². The van der Waals surface area contributed by atoms with Crippen molar-refractivity contribution < 1.29 is 0 Å².